The minimum absolute atomic E-state index is 0.00339. The lowest BCUT2D eigenvalue weighted by Gasteiger charge is -2.10. The Hall–Kier alpha value is -3.54. The first kappa shape index (κ1) is 16.9. The van der Waals surface area contributed by atoms with E-state index in [-0.39, 0.29) is 23.9 Å². The summed E-state index contributed by atoms with van der Waals surface area (Å²) in [4.78, 5) is 4.04. The highest BCUT2D eigenvalue weighted by molar-refractivity contribution is 5.70. The number of halogens is 2. The molecule has 1 heterocycles. The lowest BCUT2D eigenvalue weighted by molar-refractivity contribution is 0.288. The molecule has 3 aromatic carbocycles. The molecule has 0 spiro atoms. The molecule has 0 saturated heterocycles. The van der Waals surface area contributed by atoms with E-state index in [4.69, 9.17) is 9.26 Å². The van der Waals surface area contributed by atoms with Gasteiger partial charge in [0.2, 0.25) is 5.82 Å². The molecule has 0 aliphatic carbocycles. The molecule has 0 fully saturated rings. The molecule has 0 unspecified atom stereocenters. The van der Waals surface area contributed by atoms with Gasteiger partial charge in [-0.2, -0.15) is 4.98 Å². The Balaban J connectivity index is 1.55. The summed E-state index contributed by atoms with van der Waals surface area (Å²) in [6.45, 7) is 0.00339. The summed E-state index contributed by atoms with van der Waals surface area (Å²) < 4.78 is 38.5. The van der Waals surface area contributed by atoms with Crippen LogP contribution in [-0.4, -0.2) is 10.1 Å². The van der Waals surface area contributed by atoms with E-state index in [0.717, 1.165) is 23.3 Å². The van der Waals surface area contributed by atoms with E-state index in [2.05, 4.69) is 10.1 Å². The van der Waals surface area contributed by atoms with E-state index in [1.165, 1.54) is 6.07 Å². The molecule has 0 bridgehead atoms. The lowest BCUT2D eigenvalue weighted by Crippen LogP contribution is -1.99. The summed E-state index contributed by atoms with van der Waals surface area (Å²) in [5.74, 6) is -0.913. The van der Waals surface area contributed by atoms with E-state index >= 15 is 0 Å². The minimum atomic E-state index is -0.763. The zero-order chi connectivity index (χ0) is 18.6. The minimum Gasteiger partial charge on any atom is -0.485 e. The van der Waals surface area contributed by atoms with E-state index in [1.54, 1.807) is 0 Å². The second kappa shape index (κ2) is 7.37. The van der Waals surface area contributed by atoms with E-state index in [1.807, 2.05) is 54.6 Å². The van der Waals surface area contributed by atoms with E-state index in [0.29, 0.717) is 5.75 Å². The molecule has 0 amide bonds. The summed E-state index contributed by atoms with van der Waals surface area (Å²) >= 11 is 0. The average Bonchev–Trinajstić information content (AvgIpc) is 3.16. The van der Waals surface area contributed by atoms with Crippen molar-refractivity contribution in [1.82, 2.24) is 10.1 Å². The van der Waals surface area contributed by atoms with Crippen LogP contribution in [0.4, 0.5) is 8.78 Å². The summed E-state index contributed by atoms with van der Waals surface area (Å²) in [5, 5.41) is 3.75. The predicted octanol–water partition coefficient (Wildman–Crippen LogP) is 5.26. The van der Waals surface area contributed by atoms with Crippen molar-refractivity contribution in [3.63, 3.8) is 0 Å². The lowest BCUT2D eigenvalue weighted by atomic mass is 10.1. The molecule has 4 nitrogen and oxygen atoms in total. The van der Waals surface area contributed by atoms with Gasteiger partial charge in [-0.05, 0) is 23.8 Å². The van der Waals surface area contributed by atoms with Crippen LogP contribution in [0.5, 0.6) is 5.75 Å². The van der Waals surface area contributed by atoms with Crippen molar-refractivity contribution in [3.8, 4) is 28.3 Å². The van der Waals surface area contributed by atoms with Crippen LogP contribution in [0.15, 0.2) is 77.3 Å². The fraction of sp³-hybridized carbons (Fsp3) is 0.0476. The van der Waals surface area contributed by atoms with Gasteiger partial charge in [-0.25, -0.2) is 8.78 Å². The van der Waals surface area contributed by atoms with E-state index < -0.39 is 11.6 Å². The standard InChI is InChI=1S/C21H14F2N2O2/c22-16-10-6-11-17(23)20(16)21-24-19(25-27-21)13-26-18-12-5-4-9-15(18)14-7-2-1-3-8-14/h1-12H,13H2. The van der Waals surface area contributed by atoms with Crippen molar-refractivity contribution in [1.29, 1.82) is 0 Å². The fourth-order valence-electron chi connectivity index (χ4n) is 2.71. The van der Waals surface area contributed by atoms with Gasteiger partial charge in [-0.1, -0.05) is 59.8 Å². The Morgan fingerprint density at radius 2 is 1.52 bits per heavy atom. The van der Waals surface area contributed by atoms with Gasteiger partial charge in [0.25, 0.3) is 5.89 Å². The maximum atomic E-state index is 13.8. The summed E-state index contributed by atoms with van der Waals surface area (Å²) in [7, 11) is 0. The number of rotatable bonds is 5. The summed E-state index contributed by atoms with van der Waals surface area (Å²) in [5.41, 5.74) is 1.58. The molecule has 0 N–H and O–H groups in total. The number of hydrogen-bond donors (Lipinski definition) is 0. The SMILES string of the molecule is Fc1cccc(F)c1-c1nc(COc2ccccc2-c2ccccc2)no1. The quantitative estimate of drug-likeness (QED) is 0.485. The van der Waals surface area contributed by atoms with Crippen LogP contribution in [0.1, 0.15) is 5.82 Å². The van der Waals surface area contributed by atoms with Crippen molar-refractivity contribution >= 4 is 0 Å². The van der Waals surface area contributed by atoms with Crippen molar-refractivity contribution in [2.45, 2.75) is 6.61 Å². The number of para-hydroxylation sites is 1. The van der Waals surface area contributed by atoms with Crippen LogP contribution in [-0.2, 0) is 6.61 Å². The highest BCUT2D eigenvalue weighted by atomic mass is 19.1. The van der Waals surface area contributed by atoms with Gasteiger partial charge in [0.05, 0.1) is 0 Å². The van der Waals surface area contributed by atoms with Gasteiger partial charge < -0.3 is 9.26 Å². The predicted molar refractivity (Wildman–Crippen MR) is 95.9 cm³/mol. The molecular formula is C21H14F2N2O2. The third kappa shape index (κ3) is 3.55. The van der Waals surface area contributed by atoms with Crippen molar-refractivity contribution < 1.29 is 18.0 Å². The molecule has 6 heteroatoms. The first-order valence-corrected chi connectivity index (χ1v) is 8.26. The van der Waals surface area contributed by atoms with Crippen molar-refractivity contribution in [2.75, 3.05) is 0 Å². The van der Waals surface area contributed by atoms with Gasteiger partial charge >= 0.3 is 0 Å². The zero-order valence-electron chi connectivity index (χ0n) is 14.1. The number of hydrogen-bond acceptors (Lipinski definition) is 4. The molecule has 27 heavy (non-hydrogen) atoms. The van der Waals surface area contributed by atoms with Crippen molar-refractivity contribution in [3.05, 3.63) is 90.3 Å². The van der Waals surface area contributed by atoms with Crippen molar-refractivity contribution in [2.24, 2.45) is 0 Å². The van der Waals surface area contributed by atoms with Crippen LogP contribution >= 0.6 is 0 Å². The molecule has 4 aromatic rings. The molecule has 4 rings (SSSR count). The molecule has 0 aliphatic rings. The number of aromatic nitrogens is 2. The fourth-order valence-corrected chi connectivity index (χ4v) is 2.71. The van der Waals surface area contributed by atoms with Gasteiger partial charge in [-0.15, -0.1) is 0 Å². The molecular weight excluding hydrogens is 350 g/mol. The number of nitrogens with zero attached hydrogens (tertiary/aromatic N) is 2. The Morgan fingerprint density at radius 3 is 2.30 bits per heavy atom. The summed E-state index contributed by atoms with van der Waals surface area (Å²) in [6.07, 6.45) is 0. The van der Waals surface area contributed by atoms with Crippen LogP contribution < -0.4 is 4.74 Å². The summed E-state index contributed by atoms with van der Waals surface area (Å²) in [6, 6.07) is 20.9. The van der Waals surface area contributed by atoms with E-state index in [9.17, 15) is 8.78 Å². The van der Waals surface area contributed by atoms with Crippen LogP contribution in [0, 0.1) is 11.6 Å². The molecule has 1 aromatic heterocycles. The topological polar surface area (TPSA) is 48.2 Å². The zero-order valence-corrected chi connectivity index (χ0v) is 14.1. The van der Waals surface area contributed by atoms with Crippen LogP contribution in [0.3, 0.4) is 0 Å². The molecule has 134 valence electrons. The Morgan fingerprint density at radius 1 is 0.815 bits per heavy atom. The first-order valence-electron chi connectivity index (χ1n) is 8.26. The highest BCUT2D eigenvalue weighted by Gasteiger charge is 2.18. The maximum absolute atomic E-state index is 13.8. The van der Waals surface area contributed by atoms with Gasteiger partial charge in [-0.3, -0.25) is 0 Å². The first-order chi connectivity index (χ1) is 13.2. The Labute approximate surface area is 154 Å². The average molecular weight is 364 g/mol. The molecule has 0 aliphatic heterocycles. The Kier molecular flexibility index (Phi) is 4.61. The van der Waals surface area contributed by atoms with Gasteiger partial charge in [0, 0.05) is 5.56 Å². The third-order valence-electron chi connectivity index (χ3n) is 3.97. The normalized spacial score (nSPS) is 10.7. The molecule has 0 atom stereocenters. The molecule has 0 radical (unpaired) electrons. The number of ether oxygens (including phenoxy) is 1. The highest BCUT2D eigenvalue weighted by Crippen LogP contribution is 2.30. The second-order valence-electron chi connectivity index (χ2n) is 5.76. The van der Waals surface area contributed by atoms with Crippen LogP contribution in [0.25, 0.3) is 22.6 Å². The third-order valence-corrected chi connectivity index (χ3v) is 3.97. The maximum Gasteiger partial charge on any atom is 0.264 e. The van der Waals surface area contributed by atoms with Gasteiger partial charge in [0.1, 0.15) is 22.9 Å². The smallest absolute Gasteiger partial charge is 0.264 e. The molecule has 0 saturated carbocycles. The Bertz CT molecular complexity index is 1040. The largest absolute Gasteiger partial charge is 0.485 e. The van der Waals surface area contributed by atoms with Gasteiger partial charge in [0.15, 0.2) is 6.61 Å². The number of benzene rings is 3. The van der Waals surface area contributed by atoms with Crippen LogP contribution in [0.2, 0.25) is 0 Å². The second-order valence-corrected chi connectivity index (χ2v) is 5.76. The monoisotopic (exact) mass is 364 g/mol.